The number of ether oxygens (including phenoxy) is 6. The lowest BCUT2D eigenvalue weighted by molar-refractivity contribution is -0.317. The molecule has 3 aliphatic heterocycles. The highest BCUT2D eigenvalue weighted by atomic mass is 16.7. The largest absolute Gasteiger partial charge is 0.462 e. The van der Waals surface area contributed by atoms with Gasteiger partial charge in [0.15, 0.2) is 12.6 Å². The summed E-state index contributed by atoms with van der Waals surface area (Å²) in [5.41, 5.74) is -3.43. The SMILES string of the molecule is COC1(C)CC(OC2C(C)C(=O)O[C@H](C)C(C)(C)C(O)C(C)/C(=N/O)C(C)CC(C)(O)C(OC3OC(C)CC(N(C)C)C3O)C2C)OC(C)C1O. The zero-order valence-corrected chi connectivity index (χ0v) is 33.3. The van der Waals surface area contributed by atoms with Crippen LogP contribution in [-0.2, 0) is 33.2 Å². The average molecular weight is 733 g/mol. The molecular formula is C37H68N2O12. The van der Waals surface area contributed by atoms with E-state index in [9.17, 15) is 30.4 Å². The predicted molar refractivity (Wildman–Crippen MR) is 189 cm³/mol. The number of hydrogen-bond donors (Lipinski definition) is 5. The third-order valence-corrected chi connectivity index (χ3v) is 12.2. The fourth-order valence-corrected chi connectivity index (χ4v) is 8.37. The quantitative estimate of drug-likeness (QED) is 0.153. The van der Waals surface area contributed by atoms with Gasteiger partial charge in [-0.25, -0.2) is 0 Å². The van der Waals surface area contributed by atoms with Gasteiger partial charge < -0.3 is 59.0 Å². The van der Waals surface area contributed by atoms with E-state index in [4.69, 9.17) is 28.4 Å². The van der Waals surface area contributed by atoms with Gasteiger partial charge in [-0.2, -0.15) is 0 Å². The normalized spacial score (nSPS) is 48.6. The maximum atomic E-state index is 14.1. The molecule has 3 heterocycles. The molecule has 3 rings (SSSR count). The zero-order chi connectivity index (χ0) is 39.0. The molecule has 298 valence electrons. The van der Waals surface area contributed by atoms with Crippen molar-refractivity contribution in [1.29, 1.82) is 0 Å². The highest BCUT2D eigenvalue weighted by molar-refractivity contribution is 5.88. The Bertz CT molecular complexity index is 1180. The van der Waals surface area contributed by atoms with Gasteiger partial charge in [-0.3, -0.25) is 4.79 Å². The molecule has 0 bridgehead atoms. The summed E-state index contributed by atoms with van der Waals surface area (Å²) in [6.45, 7) is 19.2. The Hall–Kier alpha value is -1.46. The smallest absolute Gasteiger partial charge is 0.311 e. The summed E-state index contributed by atoms with van der Waals surface area (Å²) < 4.78 is 37.4. The first-order valence-corrected chi connectivity index (χ1v) is 18.5. The van der Waals surface area contributed by atoms with Crippen LogP contribution in [0.1, 0.15) is 95.4 Å². The third kappa shape index (κ3) is 9.44. The Labute approximate surface area is 304 Å². The molecule has 16 unspecified atom stereocenters. The van der Waals surface area contributed by atoms with Crippen molar-refractivity contribution in [2.24, 2.45) is 34.2 Å². The highest BCUT2D eigenvalue weighted by Crippen LogP contribution is 2.41. The van der Waals surface area contributed by atoms with Crippen LogP contribution in [0.25, 0.3) is 0 Å². The van der Waals surface area contributed by atoms with Crippen LogP contribution in [0.15, 0.2) is 5.16 Å². The van der Waals surface area contributed by atoms with Gasteiger partial charge in [0.1, 0.15) is 18.3 Å². The lowest BCUT2D eigenvalue weighted by Gasteiger charge is -2.49. The average Bonchev–Trinajstić information content (AvgIpc) is 3.04. The summed E-state index contributed by atoms with van der Waals surface area (Å²) in [4.78, 5) is 16.0. The summed E-state index contributed by atoms with van der Waals surface area (Å²) in [6.07, 6.45) is -8.36. The first-order chi connectivity index (χ1) is 23.4. The molecular weight excluding hydrogens is 664 g/mol. The Morgan fingerprint density at radius 1 is 0.882 bits per heavy atom. The van der Waals surface area contributed by atoms with Crippen molar-refractivity contribution in [2.75, 3.05) is 21.2 Å². The first kappa shape index (κ1) is 43.9. The Balaban J connectivity index is 2.19. The number of hydrogen-bond acceptors (Lipinski definition) is 14. The number of cyclic esters (lactones) is 1. The van der Waals surface area contributed by atoms with E-state index < -0.39 is 102 Å². The van der Waals surface area contributed by atoms with Crippen molar-refractivity contribution < 1.29 is 58.8 Å². The molecule has 0 radical (unpaired) electrons. The second kappa shape index (κ2) is 16.9. The minimum Gasteiger partial charge on any atom is -0.462 e. The number of esters is 1. The van der Waals surface area contributed by atoms with E-state index >= 15 is 0 Å². The van der Waals surface area contributed by atoms with Gasteiger partial charge in [-0.15, -0.1) is 0 Å². The molecule has 0 spiro atoms. The molecule has 0 amide bonds. The van der Waals surface area contributed by atoms with Crippen LogP contribution >= 0.6 is 0 Å². The number of oxime groups is 1. The summed E-state index contributed by atoms with van der Waals surface area (Å²) in [5, 5.41) is 60.4. The fourth-order valence-electron chi connectivity index (χ4n) is 8.37. The molecule has 0 saturated carbocycles. The van der Waals surface area contributed by atoms with E-state index in [0.717, 1.165) is 0 Å². The highest BCUT2D eigenvalue weighted by Gasteiger charge is 2.52. The van der Waals surface area contributed by atoms with Gasteiger partial charge >= 0.3 is 5.97 Å². The van der Waals surface area contributed by atoms with Crippen molar-refractivity contribution in [2.45, 2.75) is 174 Å². The van der Waals surface area contributed by atoms with Crippen LogP contribution in [0.3, 0.4) is 0 Å². The van der Waals surface area contributed by atoms with E-state index in [1.54, 1.807) is 69.2 Å². The van der Waals surface area contributed by atoms with Gasteiger partial charge in [0, 0.05) is 42.7 Å². The second-order valence-electron chi connectivity index (χ2n) is 16.9. The fraction of sp³-hybridized carbons (Fsp3) is 0.946. The molecule has 0 aliphatic carbocycles. The lowest BCUT2D eigenvalue weighted by Crippen LogP contribution is -2.60. The monoisotopic (exact) mass is 732 g/mol. The number of likely N-dealkylation sites (N-methyl/N-ethyl adjacent to an activating group) is 1. The molecule has 3 aliphatic rings. The van der Waals surface area contributed by atoms with E-state index in [1.807, 2.05) is 25.9 Å². The number of rotatable bonds is 6. The van der Waals surface area contributed by atoms with Gasteiger partial charge in [-0.1, -0.05) is 39.8 Å². The zero-order valence-electron chi connectivity index (χ0n) is 33.3. The van der Waals surface area contributed by atoms with E-state index in [-0.39, 0.29) is 30.7 Å². The Kier molecular flexibility index (Phi) is 14.6. The number of nitrogens with zero attached hydrogens (tertiary/aromatic N) is 2. The molecule has 5 N–H and O–H groups in total. The number of aliphatic hydroxyl groups excluding tert-OH is 3. The van der Waals surface area contributed by atoms with Crippen LogP contribution in [0.5, 0.6) is 0 Å². The van der Waals surface area contributed by atoms with Gasteiger partial charge in [0.05, 0.1) is 53.4 Å². The second-order valence-corrected chi connectivity index (χ2v) is 16.9. The summed E-state index contributed by atoms with van der Waals surface area (Å²) in [6, 6.07) is -0.298. The summed E-state index contributed by atoms with van der Waals surface area (Å²) >= 11 is 0. The molecule has 0 aromatic heterocycles. The maximum Gasteiger partial charge on any atom is 0.311 e. The minimum absolute atomic E-state index is 0.0143. The minimum atomic E-state index is -1.70. The van der Waals surface area contributed by atoms with Gasteiger partial charge in [-0.05, 0) is 68.5 Å². The van der Waals surface area contributed by atoms with Crippen LogP contribution in [0.2, 0.25) is 0 Å². The number of aliphatic hydroxyl groups is 4. The number of carbonyl (C=O) groups is 1. The van der Waals surface area contributed by atoms with Crippen LogP contribution in [0, 0.1) is 29.1 Å². The van der Waals surface area contributed by atoms with E-state index in [2.05, 4.69) is 5.16 Å². The van der Waals surface area contributed by atoms with Gasteiger partial charge in [0.25, 0.3) is 0 Å². The third-order valence-electron chi connectivity index (χ3n) is 12.2. The molecule has 0 aromatic rings. The Morgan fingerprint density at radius 3 is 2.04 bits per heavy atom. The van der Waals surface area contributed by atoms with Crippen molar-refractivity contribution in [3.05, 3.63) is 0 Å². The molecule has 0 aromatic carbocycles. The number of methoxy groups -OCH3 is 1. The van der Waals surface area contributed by atoms with E-state index in [0.29, 0.717) is 6.42 Å². The molecule has 17 atom stereocenters. The summed E-state index contributed by atoms with van der Waals surface area (Å²) in [7, 11) is 5.24. The van der Waals surface area contributed by atoms with Crippen molar-refractivity contribution in [3.63, 3.8) is 0 Å². The van der Waals surface area contributed by atoms with Crippen molar-refractivity contribution in [1.82, 2.24) is 4.90 Å². The lowest BCUT2D eigenvalue weighted by atomic mass is 9.71. The maximum absolute atomic E-state index is 14.1. The van der Waals surface area contributed by atoms with Crippen LogP contribution < -0.4 is 0 Å². The molecule has 14 nitrogen and oxygen atoms in total. The molecule has 3 fully saturated rings. The molecule has 3 saturated heterocycles. The summed E-state index contributed by atoms with van der Waals surface area (Å²) in [5.74, 6) is -3.57. The standard InChI is InChI=1S/C37H68N2O12/c1-18-16-36(10,44)32(51-34-28(40)25(39(12)13)15-19(2)47-34)21(4)29(50-26-17-37(11,46-14)31(42)23(6)48-26)22(5)33(43)49-24(7)35(8,9)30(41)20(3)27(18)38-45/h18-26,28-32,34,40-42,44-45H,15-17H2,1-14H3/b38-27+/t18?,19?,20?,21?,22?,23?,24-,25?,26?,28?,29?,30?,31?,32?,34?,36?,37?/m1/s1. The molecule has 14 heteroatoms. The topological polar surface area (TPSA) is 189 Å². The van der Waals surface area contributed by atoms with Crippen LogP contribution in [-0.4, -0.2) is 142 Å². The van der Waals surface area contributed by atoms with E-state index in [1.165, 1.54) is 7.11 Å². The first-order valence-electron chi connectivity index (χ1n) is 18.5. The Morgan fingerprint density at radius 2 is 1.49 bits per heavy atom. The van der Waals surface area contributed by atoms with Crippen LogP contribution in [0.4, 0.5) is 0 Å². The number of carbonyl (C=O) groups excluding carboxylic acids is 1. The van der Waals surface area contributed by atoms with Crippen molar-refractivity contribution >= 4 is 11.7 Å². The predicted octanol–water partition coefficient (Wildman–Crippen LogP) is 2.93. The molecule has 51 heavy (non-hydrogen) atoms. The van der Waals surface area contributed by atoms with Gasteiger partial charge in [0.2, 0.25) is 0 Å². The van der Waals surface area contributed by atoms with Crippen molar-refractivity contribution in [3.8, 4) is 0 Å².